The van der Waals surface area contributed by atoms with Crippen molar-refractivity contribution >= 4 is 17.3 Å². The smallest absolute Gasteiger partial charge is 0.227 e. The molecule has 1 aromatic rings. The number of amides is 1. The summed E-state index contributed by atoms with van der Waals surface area (Å²) in [6.07, 6.45) is 2.07. The molecule has 0 spiro atoms. The number of nitrogens with one attached hydrogen (secondary N) is 1. The van der Waals surface area contributed by atoms with E-state index in [-0.39, 0.29) is 18.1 Å². The predicted octanol–water partition coefficient (Wildman–Crippen LogP) is 2.17. The Morgan fingerprint density at radius 2 is 2.11 bits per heavy atom. The fourth-order valence-corrected chi connectivity index (χ4v) is 2.47. The highest BCUT2D eigenvalue weighted by Crippen LogP contribution is 2.30. The molecule has 0 saturated carbocycles. The molecule has 0 aromatic heterocycles. The molecule has 0 aliphatic carbocycles. The number of aliphatic hydroxyl groups is 1. The standard InChI is InChI=1S/C15H22N2O2/c1-15(2,8-9-18)16-12-5-6-13-11(10-12)4-7-14(19)17(13)3/h5-6,10,16,18H,4,7-9H2,1-3H3. The highest BCUT2D eigenvalue weighted by molar-refractivity contribution is 5.96. The minimum Gasteiger partial charge on any atom is -0.396 e. The second-order valence-electron chi connectivity index (χ2n) is 5.78. The third-order valence-corrected chi connectivity index (χ3v) is 3.64. The van der Waals surface area contributed by atoms with Gasteiger partial charge in [0.15, 0.2) is 0 Å². The summed E-state index contributed by atoms with van der Waals surface area (Å²) in [6, 6.07) is 6.09. The number of anilines is 2. The maximum atomic E-state index is 11.6. The van der Waals surface area contributed by atoms with Crippen molar-refractivity contribution in [3.63, 3.8) is 0 Å². The summed E-state index contributed by atoms with van der Waals surface area (Å²) < 4.78 is 0. The van der Waals surface area contributed by atoms with Gasteiger partial charge in [0, 0.05) is 37.0 Å². The summed E-state index contributed by atoms with van der Waals surface area (Å²) >= 11 is 0. The van der Waals surface area contributed by atoms with Crippen LogP contribution in [0.3, 0.4) is 0 Å². The zero-order valence-corrected chi connectivity index (χ0v) is 11.9. The Labute approximate surface area is 114 Å². The minimum absolute atomic E-state index is 0.140. The van der Waals surface area contributed by atoms with E-state index in [2.05, 4.69) is 25.2 Å². The number of aliphatic hydroxyl groups excluding tert-OH is 1. The molecule has 0 unspecified atom stereocenters. The quantitative estimate of drug-likeness (QED) is 0.874. The van der Waals surface area contributed by atoms with Gasteiger partial charge in [-0.05, 0) is 50.5 Å². The van der Waals surface area contributed by atoms with Crippen LogP contribution in [0.4, 0.5) is 11.4 Å². The number of hydrogen-bond donors (Lipinski definition) is 2. The van der Waals surface area contributed by atoms with E-state index in [9.17, 15) is 4.79 Å². The Kier molecular flexibility index (Phi) is 3.80. The number of carbonyl (C=O) groups is 1. The van der Waals surface area contributed by atoms with Crippen molar-refractivity contribution in [1.82, 2.24) is 0 Å². The summed E-state index contributed by atoms with van der Waals surface area (Å²) in [5.41, 5.74) is 3.10. The molecule has 0 bridgehead atoms. The molecule has 4 heteroatoms. The van der Waals surface area contributed by atoms with Crippen LogP contribution < -0.4 is 10.2 Å². The average molecular weight is 262 g/mol. The maximum Gasteiger partial charge on any atom is 0.227 e. The van der Waals surface area contributed by atoms with Crippen molar-refractivity contribution in [2.45, 2.75) is 38.6 Å². The van der Waals surface area contributed by atoms with Crippen molar-refractivity contribution in [1.29, 1.82) is 0 Å². The van der Waals surface area contributed by atoms with Crippen LogP contribution in [0.15, 0.2) is 18.2 Å². The topological polar surface area (TPSA) is 52.6 Å². The van der Waals surface area contributed by atoms with Crippen LogP contribution in [0.25, 0.3) is 0 Å². The molecule has 1 aliphatic rings. The normalized spacial score (nSPS) is 15.4. The lowest BCUT2D eigenvalue weighted by molar-refractivity contribution is -0.118. The van der Waals surface area contributed by atoms with Crippen molar-refractivity contribution in [2.75, 3.05) is 23.9 Å². The zero-order chi connectivity index (χ0) is 14.0. The highest BCUT2D eigenvalue weighted by Gasteiger charge is 2.22. The van der Waals surface area contributed by atoms with Gasteiger partial charge in [-0.2, -0.15) is 0 Å². The van der Waals surface area contributed by atoms with E-state index in [1.54, 1.807) is 4.90 Å². The first kappa shape index (κ1) is 13.9. The Balaban J connectivity index is 2.20. The lowest BCUT2D eigenvalue weighted by Gasteiger charge is -2.29. The van der Waals surface area contributed by atoms with E-state index >= 15 is 0 Å². The summed E-state index contributed by atoms with van der Waals surface area (Å²) in [6.45, 7) is 4.30. The van der Waals surface area contributed by atoms with E-state index in [1.807, 2.05) is 19.2 Å². The van der Waals surface area contributed by atoms with Crippen molar-refractivity contribution < 1.29 is 9.90 Å². The van der Waals surface area contributed by atoms with Gasteiger partial charge < -0.3 is 15.3 Å². The Hall–Kier alpha value is -1.55. The number of aryl methyl sites for hydroxylation is 1. The predicted molar refractivity (Wildman–Crippen MR) is 77.6 cm³/mol. The highest BCUT2D eigenvalue weighted by atomic mass is 16.3. The molecular weight excluding hydrogens is 240 g/mol. The lowest BCUT2D eigenvalue weighted by atomic mass is 9.98. The SMILES string of the molecule is CN1C(=O)CCc2cc(NC(C)(C)CCO)ccc21. The van der Waals surface area contributed by atoms with Gasteiger partial charge in [-0.1, -0.05) is 0 Å². The number of nitrogens with zero attached hydrogens (tertiary/aromatic N) is 1. The van der Waals surface area contributed by atoms with Gasteiger partial charge in [0.2, 0.25) is 5.91 Å². The fraction of sp³-hybridized carbons (Fsp3) is 0.533. The van der Waals surface area contributed by atoms with Crippen LogP contribution in [0.5, 0.6) is 0 Å². The molecule has 2 rings (SSSR count). The van der Waals surface area contributed by atoms with Crippen LogP contribution in [0.1, 0.15) is 32.3 Å². The molecule has 0 radical (unpaired) electrons. The first-order valence-corrected chi connectivity index (χ1v) is 6.71. The molecule has 4 nitrogen and oxygen atoms in total. The second-order valence-corrected chi connectivity index (χ2v) is 5.78. The molecule has 1 heterocycles. The molecule has 2 N–H and O–H groups in total. The fourth-order valence-electron chi connectivity index (χ4n) is 2.47. The molecule has 0 atom stereocenters. The van der Waals surface area contributed by atoms with Crippen molar-refractivity contribution in [2.24, 2.45) is 0 Å². The number of fused-ring (bicyclic) bond motifs is 1. The van der Waals surface area contributed by atoms with Crippen LogP contribution in [-0.2, 0) is 11.2 Å². The summed E-state index contributed by atoms with van der Waals surface area (Å²) in [7, 11) is 1.82. The molecule has 1 aliphatic heterocycles. The number of rotatable bonds is 4. The molecular formula is C15H22N2O2. The van der Waals surface area contributed by atoms with Crippen LogP contribution in [-0.4, -0.2) is 30.2 Å². The molecule has 19 heavy (non-hydrogen) atoms. The van der Waals surface area contributed by atoms with E-state index < -0.39 is 0 Å². The van der Waals surface area contributed by atoms with Crippen LogP contribution >= 0.6 is 0 Å². The van der Waals surface area contributed by atoms with E-state index in [0.717, 1.165) is 17.8 Å². The monoisotopic (exact) mass is 262 g/mol. The van der Waals surface area contributed by atoms with Gasteiger partial charge in [-0.3, -0.25) is 4.79 Å². The van der Waals surface area contributed by atoms with Gasteiger partial charge in [-0.15, -0.1) is 0 Å². The molecule has 104 valence electrons. The van der Waals surface area contributed by atoms with E-state index in [1.165, 1.54) is 5.56 Å². The van der Waals surface area contributed by atoms with Gasteiger partial charge in [0.05, 0.1) is 0 Å². The van der Waals surface area contributed by atoms with Gasteiger partial charge >= 0.3 is 0 Å². The molecule has 1 amide bonds. The number of carbonyl (C=O) groups excluding carboxylic acids is 1. The lowest BCUT2D eigenvalue weighted by Crippen LogP contribution is -2.33. The average Bonchev–Trinajstić information content (AvgIpc) is 2.33. The van der Waals surface area contributed by atoms with Crippen molar-refractivity contribution in [3.05, 3.63) is 23.8 Å². The summed E-state index contributed by atoms with van der Waals surface area (Å²) in [4.78, 5) is 13.4. The Morgan fingerprint density at radius 1 is 1.37 bits per heavy atom. The van der Waals surface area contributed by atoms with Gasteiger partial charge in [-0.25, -0.2) is 0 Å². The number of benzene rings is 1. The Bertz CT molecular complexity index is 483. The first-order chi connectivity index (χ1) is 8.93. The van der Waals surface area contributed by atoms with Crippen LogP contribution in [0.2, 0.25) is 0 Å². The molecule has 0 saturated heterocycles. The van der Waals surface area contributed by atoms with Crippen LogP contribution in [0, 0.1) is 0 Å². The first-order valence-electron chi connectivity index (χ1n) is 6.71. The molecule has 0 fully saturated rings. The zero-order valence-electron chi connectivity index (χ0n) is 11.9. The number of hydrogen-bond acceptors (Lipinski definition) is 3. The maximum absolute atomic E-state index is 11.6. The van der Waals surface area contributed by atoms with E-state index in [0.29, 0.717) is 12.8 Å². The molecule has 1 aromatic carbocycles. The second kappa shape index (κ2) is 5.21. The largest absolute Gasteiger partial charge is 0.396 e. The van der Waals surface area contributed by atoms with Gasteiger partial charge in [0.1, 0.15) is 0 Å². The van der Waals surface area contributed by atoms with Gasteiger partial charge in [0.25, 0.3) is 0 Å². The van der Waals surface area contributed by atoms with E-state index in [4.69, 9.17) is 5.11 Å². The third kappa shape index (κ3) is 3.07. The summed E-state index contributed by atoms with van der Waals surface area (Å²) in [5, 5.41) is 12.5. The van der Waals surface area contributed by atoms with Crippen molar-refractivity contribution in [3.8, 4) is 0 Å². The minimum atomic E-state index is -0.140. The Morgan fingerprint density at radius 3 is 2.79 bits per heavy atom. The summed E-state index contributed by atoms with van der Waals surface area (Å²) in [5.74, 6) is 0.175. The third-order valence-electron chi connectivity index (χ3n) is 3.64.